The predicted octanol–water partition coefficient (Wildman–Crippen LogP) is 2.40. The van der Waals surface area contributed by atoms with Crippen molar-refractivity contribution in [3.8, 4) is 6.07 Å². The third kappa shape index (κ3) is 3.34. The van der Waals surface area contributed by atoms with Crippen LogP contribution in [-0.2, 0) is 16.1 Å². The first-order valence-corrected chi connectivity index (χ1v) is 8.30. The molecule has 0 saturated carbocycles. The van der Waals surface area contributed by atoms with Gasteiger partial charge in [0.1, 0.15) is 11.5 Å². The molecule has 0 N–H and O–H groups in total. The zero-order chi connectivity index (χ0) is 18.7. The van der Waals surface area contributed by atoms with Gasteiger partial charge in [-0.3, -0.25) is 4.79 Å². The van der Waals surface area contributed by atoms with Crippen molar-refractivity contribution in [3.05, 3.63) is 46.4 Å². The fraction of sp³-hybridized carbons (Fsp3) is 0.294. The molecule has 132 valence electrons. The van der Waals surface area contributed by atoms with E-state index in [4.69, 9.17) is 16.3 Å². The van der Waals surface area contributed by atoms with Gasteiger partial charge in [0.15, 0.2) is 17.1 Å². The Hall–Kier alpha value is -3.05. The minimum atomic E-state index is -1.19. The van der Waals surface area contributed by atoms with E-state index >= 15 is 0 Å². The highest BCUT2D eigenvalue weighted by molar-refractivity contribution is 6.31. The van der Waals surface area contributed by atoms with E-state index in [-0.39, 0.29) is 12.3 Å². The number of ether oxygens (including phenoxy) is 1. The lowest BCUT2D eigenvalue weighted by Gasteiger charge is -2.09. The molecule has 8 nitrogen and oxygen atoms in total. The Bertz CT molecular complexity index is 1010. The Labute approximate surface area is 154 Å². The summed E-state index contributed by atoms with van der Waals surface area (Å²) < 4.78 is 6.53. The van der Waals surface area contributed by atoms with Gasteiger partial charge in [0.2, 0.25) is 0 Å². The molecule has 3 rings (SSSR count). The highest BCUT2D eigenvalue weighted by atomic mass is 35.5. The number of fused-ring (bicyclic) bond motifs is 1. The van der Waals surface area contributed by atoms with Gasteiger partial charge < -0.3 is 4.74 Å². The van der Waals surface area contributed by atoms with Gasteiger partial charge in [-0.2, -0.15) is 5.26 Å². The van der Waals surface area contributed by atoms with Crippen LogP contribution < -0.4 is 0 Å². The molecule has 0 saturated heterocycles. The SMILES string of the molecule is CCOC(=O)C(C#N)c1nc(C)nc2c1nnn2Cc1ccccc1Cl. The van der Waals surface area contributed by atoms with E-state index in [1.165, 1.54) is 0 Å². The maximum atomic E-state index is 12.1. The number of aromatic nitrogens is 5. The van der Waals surface area contributed by atoms with Crippen molar-refractivity contribution in [2.24, 2.45) is 0 Å². The Balaban J connectivity index is 2.08. The lowest BCUT2D eigenvalue weighted by Crippen LogP contribution is -2.17. The first kappa shape index (κ1) is 17.8. The van der Waals surface area contributed by atoms with Crippen molar-refractivity contribution < 1.29 is 9.53 Å². The lowest BCUT2D eigenvalue weighted by molar-refractivity contribution is -0.143. The van der Waals surface area contributed by atoms with E-state index in [0.29, 0.717) is 28.6 Å². The van der Waals surface area contributed by atoms with E-state index in [0.717, 1.165) is 5.56 Å². The van der Waals surface area contributed by atoms with Crippen LogP contribution in [0.25, 0.3) is 11.2 Å². The minimum absolute atomic E-state index is 0.170. The van der Waals surface area contributed by atoms with Crippen molar-refractivity contribution in [1.29, 1.82) is 5.26 Å². The van der Waals surface area contributed by atoms with Crippen LogP contribution in [0.5, 0.6) is 0 Å². The highest BCUT2D eigenvalue weighted by Crippen LogP contribution is 2.24. The van der Waals surface area contributed by atoms with E-state index in [2.05, 4.69) is 20.3 Å². The first-order valence-electron chi connectivity index (χ1n) is 7.92. The molecule has 2 aromatic heterocycles. The molecular formula is C17H15ClN6O2. The minimum Gasteiger partial charge on any atom is -0.465 e. The first-order chi connectivity index (χ1) is 12.5. The summed E-state index contributed by atoms with van der Waals surface area (Å²) in [7, 11) is 0. The molecule has 0 aliphatic heterocycles. The van der Waals surface area contributed by atoms with Crippen LogP contribution in [0.4, 0.5) is 0 Å². The maximum Gasteiger partial charge on any atom is 0.329 e. The molecule has 9 heteroatoms. The Morgan fingerprint density at radius 1 is 1.38 bits per heavy atom. The average molecular weight is 371 g/mol. The molecule has 1 unspecified atom stereocenters. The number of nitriles is 1. The summed E-state index contributed by atoms with van der Waals surface area (Å²) in [5.41, 5.74) is 1.76. The van der Waals surface area contributed by atoms with Crippen molar-refractivity contribution in [3.63, 3.8) is 0 Å². The summed E-state index contributed by atoms with van der Waals surface area (Å²) in [5, 5.41) is 18.2. The number of esters is 1. The van der Waals surface area contributed by atoms with Gasteiger partial charge in [-0.25, -0.2) is 14.6 Å². The number of hydrogen-bond acceptors (Lipinski definition) is 7. The lowest BCUT2D eigenvalue weighted by atomic mass is 10.1. The standard InChI is InChI=1S/C17H15ClN6O2/c1-3-26-17(25)12(8-19)14-15-16(21-10(2)20-14)24(23-22-15)9-11-6-4-5-7-13(11)18/h4-7,12H,3,9H2,1-2H3. The second-order valence-corrected chi connectivity index (χ2v) is 5.89. The number of hydrogen-bond donors (Lipinski definition) is 0. The smallest absolute Gasteiger partial charge is 0.329 e. The maximum absolute atomic E-state index is 12.1. The van der Waals surface area contributed by atoms with Crippen molar-refractivity contribution >= 4 is 28.7 Å². The average Bonchev–Trinajstić information content (AvgIpc) is 3.00. The molecular weight excluding hydrogens is 356 g/mol. The summed E-state index contributed by atoms with van der Waals surface area (Å²) in [6.07, 6.45) is 0. The molecule has 1 atom stereocenters. The van der Waals surface area contributed by atoms with Gasteiger partial charge >= 0.3 is 5.97 Å². The quantitative estimate of drug-likeness (QED) is 0.634. The normalized spacial score (nSPS) is 11.9. The van der Waals surface area contributed by atoms with Crippen LogP contribution in [0.1, 0.15) is 29.9 Å². The number of nitrogens with zero attached hydrogens (tertiary/aromatic N) is 6. The van der Waals surface area contributed by atoms with Crippen LogP contribution in [0.3, 0.4) is 0 Å². The van der Waals surface area contributed by atoms with Gasteiger partial charge in [-0.05, 0) is 25.5 Å². The molecule has 0 amide bonds. The number of carbonyl (C=O) groups excluding carboxylic acids is 1. The van der Waals surface area contributed by atoms with Gasteiger partial charge in [0.25, 0.3) is 0 Å². The Morgan fingerprint density at radius 2 is 2.15 bits per heavy atom. The number of carbonyl (C=O) groups is 1. The Kier molecular flexibility index (Phi) is 5.09. The van der Waals surface area contributed by atoms with Crippen LogP contribution in [0.2, 0.25) is 5.02 Å². The third-order valence-corrected chi connectivity index (χ3v) is 4.07. The molecule has 26 heavy (non-hydrogen) atoms. The summed E-state index contributed by atoms with van der Waals surface area (Å²) in [6.45, 7) is 3.87. The van der Waals surface area contributed by atoms with E-state index in [9.17, 15) is 10.1 Å². The van der Waals surface area contributed by atoms with Crippen LogP contribution in [-0.4, -0.2) is 37.5 Å². The van der Waals surface area contributed by atoms with E-state index in [1.54, 1.807) is 24.6 Å². The largest absolute Gasteiger partial charge is 0.465 e. The molecule has 0 bridgehead atoms. The molecule has 0 aliphatic carbocycles. The second kappa shape index (κ2) is 7.45. The van der Waals surface area contributed by atoms with Crippen molar-refractivity contribution in [2.75, 3.05) is 6.61 Å². The molecule has 0 fully saturated rings. The molecule has 0 spiro atoms. The van der Waals surface area contributed by atoms with Gasteiger partial charge in [-0.15, -0.1) is 5.10 Å². The Morgan fingerprint density at radius 3 is 2.85 bits per heavy atom. The molecule has 1 aromatic carbocycles. The molecule has 0 radical (unpaired) electrons. The number of rotatable bonds is 5. The van der Waals surface area contributed by atoms with Crippen LogP contribution in [0.15, 0.2) is 24.3 Å². The topological polar surface area (TPSA) is 107 Å². The fourth-order valence-corrected chi connectivity index (χ4v) is 2.73. The van der Waals surface area contributed by atoms with Crippen molar-refractivity contribution in [1.82, 2.24) is 25.0 Å². The summed E-state index contributed by atoms with van der Waals surface area (Å²) in [5.74, 6) is -1.46. The summed E-state index contributed by atoms with van der Waals surface area (Å²) >= 11 is 6.21. The zero-order valence-electron chi connectivity index (χ0n) is 14.2. The molecule has 0 aliphatic rings. The van der Waals surface area contributed by atoms with Gasteiger partial charge in [0, 0.05) is 5.02 Å². The second-order valence-electron chi connectivity index (χ2n) is 5.48. The summed E-state index contributed by atoms with van der Waals surface area (Å²) in [6, 6.07) is 9.30. The zero-order valence-corrected chi connectivity index (χ0v) is 14.9. The number of halogens is 1. The molecule has 2 heterocycles. The number of aryl methyl sites for hydroxylation is 1. The van der Waals surface area contributed by atoms with E-state index in [1.807, 2.05) is 24.3 Å². The number of benzene rings is 1. The monoisotopic (exact) mass is 370 g/mol. The fourth-order valence-electron chi connectivity index (χ4n) is 2.54. The van der Waals surface area contributed by atoms with Gasteiger partial charge in [0.05, 0.1) is 19.2 Å². The summed E-state index contributed by atoms with van der Waals surface area (Å²) in [4.78, 5) is 20.7. The highest BCUT2D eigenvalue weighted by Gasteiger charge is 2.28. The van der Waals surface area contributed by atoms with Crippen molar-refractivity contribution in [2.45, 2.75) is 26.3 Å². The van der Waals surface area contributed by atoms with E-state index < -0.39 is 11.9 Å². The van der Waals surface area contributed by atoms with Crippen LogP contribution in [0, 0.1) is 18.3 Å². The molecule has 3 aromatic rings. The third-order valence-electron chi connectivity index (χ3n) is 3.70. The van der Waals surface area contributed by atoms with Gasteiger partial charge in [-0.1, -0.05) is 35.0 Å². The predicted molar refractivity (Wildman–Crippen MR) is 93.4 cm³/mol. The van der Waals surface area contributed by atoms with Crippen LogP contribution >= 0.6 is 11.6 Å².